The smallest absolute Gasteiger partial charge is 0.267 e. The van der Waals surface area contributed by atoms with Gasteiger partial charge in [0, 0.05) is 45.3 Å². The summed E-state index contributed by atoms with van der Waals surface area (Å²) in [6.07, 6.45) is 1.48. The van der Waals surface area contributed by atoms with Gasteiger partial charge in [0.05, 0.1) is 37.2 Å². The maximum atomic E-state index is 13.6. The molecule has 13 heteroatoms. The van der Waals surface area contributed by atoms with Crippen molar-refractivity contribution in [2.75, 3.05) is 53.0 Å². The van der Waals surface area contributed by atoms with Gasteiger partial charge in [-0.1, -0.05) is 13.8 Å². The molecule has 2 N–H and O–H groups in total. The third kappa shape index (κ3) is 6.35. The molecular formula is C24H36N6O6S. The number of aromatic nitrogens is 3. The number of primary amides is 1. The topological polar surface area (TPSA) is 150 Å². The van der Waals surface area contributed by atoms with Crippen LogP contribution in [0.3, 0.4) is 0 Å². The number of amides is 1. The Morgan fingerprint density at radius 3 is 2.41 bits per heavy atom. The fraction of sp³-hybridized carbons (Fsp3) is 0.583. The summed E-state index contributed by atoms with van der Waals surface area (Å²) in [6, 6.07) is 1.31. The molecule has 0 bridgehead atoms. The molecule has 0 aliphatic carbocycles. The Hall–Kier alpha value is -2.87. The lowest BCUT2D eigenvalue weighted by molar-refractivity contribution is 0.0982. The quantitative estimate of drug-likeness (QED) is 0.366. The lowest BCUT2D eigenvalue weighted by Crippen LogP contribution is -2.48. The SMILES string of the molecule is CCOc1ncc(S(=O)(=O)N2CCN(CC)CC2)cc1C(=O)Cc1c(CC)nn(CCOC)c1C(N)=O. The van der Waals surface area contributed by atoms with Crippen LogP contribution >= 0.6 is 0 Å². The lowest BCUT2D eigenvalue weighted by Gasteiger charge is -2.33. The molecule has 1 aliphatic heterocycles. The van der Waals surface area contributed by atoms with Gasteiger partial charge in [0.2, 0.25) is 15.9 Å². The summed E-state index contributed by atoms with van der Waals surface area (Å²) in [5, 5.41) is 4.45. The molecule has 2 aromatic heterocycles. The maximum Gasteiger partial charge on any atom is 0.267 e. The minimum atomic E-state index is -3.86. The van der Waals surface area contributed by atoms with E-state index in [0.29, 0.717) is 57.0 Å². The second-order valence-electron chi connectivity index (χ2n) is 8.60. The summed E-state index contributed by atoms with van der Waals surface area (Å²) in [5.41, 5.74) is 6.77. The van der Waals surface area contributed by atoms with Crippen molar-refractivity contribution in [3.05, 3.63) is 34.8 Å². The van der Waals surface area contributed by atoms with Gasteiger partial charge in [-0.2, -0.15) is 9.40 Å². The molecule has 0 atom stereocenters. The molecular weight excluding hydrogens is 500 g/mol. The third-order valence-electron chi connectivity index (χ3n) is 6.37. The maximum absolute atomic E-state index is 13.6. The lowest BCUT2D eigenvalue weighted by atomic mass is 10.0. The van der Waals surface area contributed by atoms with E-state index in [1.54, 1.807) is 6.92 Å². The number of pyridine rings is 1. The predicted octanol–water partition coefficient (Wildman–Crippen LogP) is 0.736. The molecule has 204 valence electrons. The molecule has 2 aromatic rings. The van der Waals surface area contributed by atoms with Crippen molar-refractivity contribution in [3.63, 3.8) is 0 Å². The highest BCUT2D eigenvalue weighted by Gasteiger charge is 2.31. The summed E-state index contributed by atoms with van der Waals surface area (Å²) < 4.78 is 40.2. The zero-order chi connectivity index (χ0) is 27.2. The largest absolute Gasteiger partial charge is 0.477 e. The number of likely N-dealkylation sites (N-methyl/N-ethyl adjacent to an activating group) is 1. The summed E-state index contributed by atoms with van der Waals surface area (Å²) in [4.78, 5) is 32.2. The first-order valence-corrected chi connectivity index (χ1v) is 13.9. The number of sulfonamides is 1. The van der Waals surface area contributed by atoms with Crippen molar-refractivity contribution in [2.24, 2.45) is 5.73 Å². The number of hydrogen-bond donors (Lipinski definition) is 1. The van der Waals surface area contributed by atoms with Crippen LogP contribution in [0.15, 0.2) is 17.2 Å². The molecule has 0 spiro atoms. The number of ether oxygens (including phenoxy) is 2. The Kier molecular flexibility index (Phi) is 9.76. The highest BCUT2D eigenvalue weighted by Crippen LogP contribution is 2.26. The number of rotatable bonds is 13. The van der Waals surface area contributed by atoms with Crippen LogP contribution in [0.5, 0.6) is 5.88 Å². The minimum absolute atomic E-state index is 0.0252. The van der Waals surface area contributed by atoms with Crippen LogP contribution < -0.4 is 10.5 Å². The van der Waals surface area contributed by atoms with Crippen LogP contribution in [0.2, 0.25) is 0 Å². The van der Waals surface area contributed by atoms with Gasteiger partial charge in [0.25, 0.3) is 5.91 Å². The number of carbonyl (C=O) groups is 2. The Bertz CT molecular complexity index is 1220. The number of piperazine rings is 1. The molecule has 3 rings (SSSR count). The van der Waals surface area contributed by atoms with E-state index >= 15 is 0 Å². The number of carbonyl (C=O) groups excluding carboxylic acids is 2. The average molecular weight is 537 g/mol. The van der Waals surface area contributed by atoms with Crippen LogP contribution in [0.4, 0.5) is 0 Å². The summed E-state index contributed by atoms with van der Waals surface area (Å²) in [6.45, 7) is 9.31. The number of nitrogens with zero attached hydrogens (tertiary/aromatic N) is 5. The van der Waals surface area contributed by atoms with E-state index in [1.807, 2.05) is 13.8 Å². The summed E-state index contributed by atoms with van der Waals surface area (Å²) >= 11 is 0. The van der Waals surface area contributed by atoms with E-state index in [-0.39, 0.29) is 35.1 Å². The van der Waals surface area contributed by atoms with Gasteiger partial charge < -0.3 is 20.1 Å². The Balaban J connectivity index is 1.98. The van der Waals surface area contributed by atoms with E-state index in [9.17, 15) is 18.0 Å². The van der Waals surface area contributed by atoms with Crippen molar-refractivity contribution in [2.45, 2.75) is 45.1 Å². The average Bonchev–Trinajstić information content (AvgIpc) is 3.24. The molecule has 0 radical (unpaired) electrons. The molecule has 0 aromatic carbocycles. The van der Waals surface area contributed by atoms with Gasteiger partial charge in [-0.15, -0.1) is 0 Å². The van der Waals surface area contributed by atoms with Crippen molar-refractivity contribution >= 4 is 21.7 Å². The van der Waals surface area contributed by atoms with Crippen molar-refractivity contribution < 1.29 is 27.5 Å². The van der Waals surface area contributed by atoms with Gasteiger partial charge in [0.15, 0.2) is 5.78 Å². The first-order chi connectivity index (χ1) is 17.7. The Morgan fingerprint density at radius 2 is 1.84 bits per heavy atom. The molecule has 37 heavy (non-hydrogen) atoms. The van der Waals surface area contributed by atoms with E-state index < -0.39 is 21.7 Å². The van der Waals surface area contributed by atoms with E-state index in [0.717, 1.165) is 6.54 Å². The van der Waals surface area contributed by atoms with Crippen LogP contribution in [-0.4, -0.2) is 97.1 Å². The predicted molar refractivity (Wildman–Crippen MR) is 136 cm³/mol. The highest BCUT2D eigenvalue weighted by atomic mass is 32.2. The Labute approximate surface area is 217 Å². The van der Waals surface area contributed by atoms with Crippen LogP contribution in [0, 0.1) is 0 Å². The minimum Gasteiger partial charge on any atom is -0.477 e. The molecule has 0 saturated carbocycles. The molecule has 12 nitrogen and oxygen atoms in total. The van der Waals surface area contributed by atoms with Crippen LogP contribution in [0.25, 0.3) is 0 Å². The Morgan fingerprint density at radius 1 is 1.14 bits per heavy atom. The van der Waals surface area contributed by atoms with Gasteiger partial charge in [-0.3, -0.25) is 14.3 Å². The summed E-state index contributed by atoms with van der Waals surface area (Å²) in [5.74, 6) is -1.13. The molecule has 1 aliphatic rings. The number of methoxy groups -OCH3 is 1. The molecule has 0 unspecified atom stereocenters. The second-order valence-corrected chi connectivity index (χ2v) is 10.5. The first-order valence-electron chi connectivity index (χ1n) is 12.4. The standard InChI is InChI=1S/C24H36N6O6S/c1-5-20-18(22(23(25)32)30(27-20)12-13-35-4)15-21(31)19-14-17(16-26-24(19)36-7-3)37(33,34)29-10-8-28(6-2)9-11-29/h14,16H,5-13,15H2,1-4H3,(H2,25,32). The van der Waals surface area contributed by atoms with E-state index in [2.05, 4.69) is 15.0 Å². The fourth-order valence-electron chi connectivity index (χ4n) is 4.35. The first kappa shape index (κ1) is 28.7. The van der Waals surface area contributed by atoms with Gasteiger partial charge in [-0.05, 0) is 26.0 Å². The van der Waals surface area contributed by atoms with E-state index in [1.165, 1.54) is 28.4 Å². The van der Waals surface area contributed by atoms with Gasteiger partial charge in [-0.25, -0.2) is 13.4 Å². The number of ketones is 1. The van der Waals surface area contributed by atoms with Gasteiger partial charge in [0.1, 0.15) is 10.6 Å². The van der Waals surface area contributed by atoms with Crippen molar-refractivity contribution in [1.29, 1.82) is 0 Å². The summed E-state index contributed by atoms with van der Waals surface area (Å²) in [7, 11) is -2.33. The zero-order valence-corrected chi connectivity index (χ0v) is 22.7. The number of aryl methyl sites for hydroxylation is 1. The second kappa shape index (κ2) is 12.6. The van der Waals surface area contributed by atoms with Crippen molar-refractivity contribution in [3.8, 4) is 5.88 Å². The number of Topliss-reactive ketones (excluding diaryl/α,β-unsaturated/α-hetero) is 1. The monoisotopic (exact) mass is 536 g/mol. The molecule has 1 amide bonds. The number of hydrogen-bond acceptors (Lipinski definition) is 9. The van der Waals surface area contributed by atoms with Crippen LogP contribution in [0.1, 0.15) is 52.9 Å². The fourth-order valence-corrected chi connectivity index (χ4v) is 5.75. The van der Waals surface area contributed by atoms with E-state index in [4.69, 9.17) is 15.2 Å². The van der Waals surface area contributed by atoms with Crippen molar-refractivity contribution in [1.82, 2.24) is 24.0 Å². The van der Waals surface area contributed by atoms with Crippen LogP contribution in [-0.2, 0) is 34.1 Å². The third-order valence-corrected chi connectivity index (χ3v) is 8.23. The molecule has 1 fully saturated rings. The zero-order valence-electron chi connectivity index (χ0n) is 21.9. The number of nitrogens with two attached hydrogens (primary N) is 1. The molecule has 1 saturated heterocycles. The molecule has 3 heterocycles. The highest BCUT2D eigenvalue weighted by molar-refractivity contribution is 7.89. The van der Waals surface area contributed by atoms with Gasteiger partial charge >= 0.3 is 0 Å². The normalized spacial score (nSPS) is 15.1.